The van der Waals surface area contributed by atoms with Gasteiger partial charge in [0.05, 0.1) is 37.3 Å². The third-order valence-corrected chi connectivity index (χ3v) is 6.27. The quantitative estimate of drug-likeness (QED) is 0.604. The van der Waals surface area contributed by atoms with Crippen LogP contribution >= 0.6 is 11.3 Å². The number of thiophene rings is 1. The average molecular weight is 386 g/mol. The highest BCUT2D eigenvalue weighted by atomic mass is 32.1. The summed E-state index contributed by atoms with van der Waals surface area (Å²) in [7, 11) is 1.20. The molecule has 7 nitrogen and oxygen atoms in total. The summed E-state index contributed by atoms with van der Waals surface area (Å²) >= 11 is 1.42. The first-order chi connectivity index (χ1) is 13.0. The van der Waals surface area contributed by atoms with Gasteiger partial charge in [0.2, 0.25) is 11.8 Å². The van der Waals surface area contributed by atoms with Crippen molar-refractivity contribution in [1.82, 2.24) is 5.32 Å². The fourth-order valence-electron chi connectivity index (χ4n) is 4.13. The zero-order chi connectivity index (χ0) is 19.2. The molecule has 8 heteroatoms. The average Bonchev–Trinajstić information content (AvgIpc) is 3.39. The molecule has 2 N–H and O–H groups in total. The van der Waals surface area contributed by atoms with Crippen LogP contribution in [0.15, 0.2) is 47.8 Å². The van der Waals surface area contributed by atoms with Crippen molar-refractivity contribution in [2.75, 3.05) is 18.6 Å². The Kier molecular flexibility index (Phi) is 4.33. The molecule has 2 aliphatic heterocycles. The number of hydrogen-bond acceptors (Lipinski definition) is 7. The van der Waals surface area contributed by atoms with Crippen LogP contribution in [0, 0.1) is 11.8 Å². The van der Waals surface area contributed by atoms with Crippen LogP contribution in [0.1, 0.15) is 10.9 Å². The van der Waals surface area contributed by atoms with Crippen molar-refractivity contribution in [1.29, 1.82) is 0 Å². The van der Waals surface area contributed by atoms with Gasteiger partial charge in [-0.1, -0.05) is 24.3 Å². The van der Waals surface area contributed by atoms with Gasteiger partial charge >= 0.3 is 5.97 Å². The van der Waals surface area contributed by atoms with Gasteiger partial charge < -0.3 is 9.84 Å². The molecule has 3 heterocycles. The van der Waals surface area contributed by atoms with Gasteiger partial charge in [0, 0.05) is 4.88 Å². The van der Waals surface area contributed by atoms with E-state index in [-0.39, 0.29) is 5.91 Å². The Labute approximate surface area is 159 Å². The second-order valence-electron chi connectivity index (χ2n) is 6.61. The maximum atomic E-state index is 13.3. The molecule has 0 saturated carbocycles. The number of methoxy groups -OCH3 is 1. The summed E-state index contributed by atoms with van der Waals surface area (Å²) in [5.74, 6) is -3.50. The molecule has 0 radical (unpaired) electrons. The van der Waals surface area contributed by atoms with Crippen molar-refractivity contribution < 1.29 is 24.2 Å². The molecular weight excluding hydrogens is 368 g/mol. The lowest BCUT2D eigenvalue weighted by molar-refractivity contribution is -0.154. The summed E-state index contributed by atoms with van der Waals surface area (Å²) in [5.41, 5.74) is -1.21. The number of carbonyl (C=O) groups excluding carboxylic acids is 3. The molecule has 1 aromatic heterocycles. The van der Waals surface area contributed by atoms with E-state index in [1.54, 1.807) is 30.3 Å². The van der Waals surface area contributed by atoms with Crippen LogP contribution in [0.5, 0.6) is 0 Å². The summed E-state index contributed by atoms with van der Waals surface area (Å²) < 4.78 is 4.89. The lowest BCUT2D eigenvalue weighted by Crippen LogP contribution is -2.58. The van der Waals surface area contributed by atoms with E-state index in [1.807, 2.05) is 17.5 Å². The number of aliphatic hydroxyl groups is 1. The molecule has 2 fully saturated rings. The number of hydrogen-bond donors (Lipinski definition) is 2. The molecule has 0 unspecified atom stereocenters. The van der Waals surface area contributed by atoms with Crippen LogP contribution in [-0.2, 0) is 19.1 Å². The molecule has 1 aromatic carbocycles. The number of anilines is 1. The summed E-state index contributed by atoms with van der Waals surface area (Å²) in [6.45, 7) is -0.648. The summed E-state index contributed by atoms with van der Waals surface area (Å²) in [4.78, 5) is 41.0. The molecule has 27 heavy (non-hydrogen) atoms. The Hall–Kier alpha value is -2.55. The number of amides is 2. The standard InChI is InChI=1S/C19H18N2O5S/c1-26-18(25)19(10-22)14-13(15(20-19)12-8-5-9-27-12)16(23)21(17(14)24)11-6-3-2-4-7-11/h2-9,13-15,20,22H,10H2,1H3/t13-,14+,15+,19+/m0/s1. The van der Waals surface area contributed by atoms with E-state index in [1.165, 1.54) is 18.4 Å². The van der Waals surface area contributed by atoms with E-state index >= 15 is 0 Å². The lowest BCUT2D eigenvalue weighted by Gasteiger charge is -2.30. The summed E-state index contributed by atoms with van der Waals surface area (Å²) in [6.07, 6.45) is 0. The summed E-state index contributed by atoms with van der Waals surface area (Å²) in [6, 6.07) is 11.7. The van der Waals surface area contributed by atoms with Crippen LogP contribution < -0.4 is 10.2 Å². The molecule has 0 bridgehead atoms. The zero-order valence-electron chi connectivity index (χ0n) is 14.5. The van der Waals surface area contributed by atoms with Crippen molar-refractivity contribution in [2.45, 2.75) is 11.6 Å². The molecule has 0 spiro atoms. The highest BCUT2D eigenvalue weighted by molar-refractivity contribution is 7.10. The first-order valence-corrected chi connectivity index (χ1v) is 9.36. The van der Waals surface area contributed by atoms with Gasteiger partial charge in [0.15, 0.2) is 5.54 Å². The van der Waals surface area contributed by atoms with Gasteiger partial charge in [-0.15, -0.1) is 11.3 Å². The van der Waals surface area contributed by atoms with E-state index in [0.717, 1.165) is 9.78 Å². The molecule has 0 aliphatic carbocycles. The third kappa shape index (κ3) is 2.44. The number of para-hydroxylation sites is 1. The van der Waals surface area contributed by atoms with Crippen molar-refractivity contribution in [2.24, 2.45) is 11.8 Å². The van der Waals surface area contributed by atoms with Gasteiger partial charge in [-0.25, -0.2) is 9.69 Å². The van der Waals surface area contributed by atoms with E-state index in [9.17, 15) is 19.5 Å². The van der Waals surface area contributed by atoms with Crippen LogP contribution in [0.4, 0.5) is 5.69 Å². The van der Waals surface area contributed by atoms with Crippen molar-refractivity contribution in [3.63, 3.8) is 0 Å². The minimum absolute atomic E-state index is 0.388. The Morgan fingerprint density at radius 2 is 1.96 bits per heavy atom. The number of imide groups is 1. The number of benzene rings is 1. The third-order valence-electron chi connectivity index (χ3n) is 5.32. The fraction of sp³-hybridized carbons (Fsp3) is 0.316. The number of rotatable bonds is 4. The van der Waals surface area contributed by atoms with Crippen LogP contribution in [0.2, 0.25) is 0 Å². The van der Waals surface area contributed by atoms with Gasteiger partial charge in [0.1, 0.15) is 0 Å². The molecule has 2 amide bonds. The highest BCUT2D eigenvalue weighted by Crippen LogP contribution is 2.50. The molecule has 2 saturated heterocycles. The molecular formula is C19H18N2O5S. The Bertz CT molecular complexity index is 885. The van der Waals surface area contributed by atoms with Crippen LogP contribution in [0.3, 0.4) is 0 Å². The Morgan fingerprint density at radius 3 is 2.56 bits per heavy atom. The zero-order valence-corrected chi connectivity index (χ0v) is 15.3. The Morgan fingerprint density at radius 1 is 1.22 bits per heavy atom. The lowest BCUT2D eigenvalue weighted by atomic mass is 9.80. The number of carbonyl (C=O) groups is 3. The van der Waals surface area contributed by atoms with Crippen molar-refractivity contribution in [3.05, 3.63) is 52.7 Å². The fourth-order valence-corrected chi connectivity index (χ4v) is 4.95. The number of nitrogens with zero attached hydrogens (tertiary/aromatic N) is 1. The monoisotopic (exact) mass is 386 g/mol. The topological polar surface area (TPSA) is 95.9 Å². The molecule has 2 aromatic rings. The number of ether oxygens (including phenoxy) is 1. The minimum Gasteiger partial charge on any atom is -0.468 e. The minimum atomic E-state index is -1.66. The first-order valence-electron chi connectivity index (χ1n) is 8.48. The predicted molar refractivity (Wildman–Crippen MR) is 97.9 cm³/mol. The SMILES string of the molecule is COC(=O)[C@]1(CO)N[C@H](c2cccs2)[C@H]2C(=O)N(c3ccccc3)C(=O)[C@@H]21. The smallest absolute Gasteiger partial charge is 0.329 e. The molecule has 4 atom stereocenters. The normalized spacial score (nSPS) is 29.9. The van der Waals surface area contributed by atoms with E-state index in [0.29, 0.717) is 5.69 Å². The predicted octanol–water partition coefficient (Wildman–Crippen LogP) is 1.10. The number of aliphatic hydroxyl groups excluding tert-OH is 1. The number of fused-ring (bicyclic) bond motifs is 1. The maximum absolute atomic E-state index is 13.3. The van der Waals surface area contributed by atoms with Gasteiger partial charge in [-0.05, 0) is 23.6 Å². The number of nitrogens with one attached hydrogen (secondary N) is 1. The van der Waals surface area contributed by atoms with Crippen molar-refractivity contribution >= 4 is 34.8 Å². The number of esters is 1. The molecule has 2 aliphatic rings. The van der Waals surface area contributed by atoms with Gasteiger partial charge in [-0.2, -0.15) is 0 Å². The first kappa shape index (κ1) is 17.8. The molecule has 140 valence electrons. The van der Waals surface area contributed by atoms with Gasteiger partial charge in [-0.3, -0.25) is 14.9 Å². The van der Waals surface area contributed by atoms with E-state index < -0.39 is 41.9 Å². The molecule has 4 rings (SSSR count). The second-order valence-corrected chi connectivity index (χ2v) is 7.59. The Balaban J connectivity index is 1.85. The largest absolute Gasteiger partial charge is 0.468 e. The van der Waals surface area contributed by atoms with E-state index in [4.69, 9.17) is 4.74 Å². The van der Waals surface area contributed by atoms with Crippen molar-refractivity contribution in [3.8, 4) is 0 Å². The maximum Gasteiger partial charge on any atom is 0.329 e. The van der Waals surface area contributed by atoms with E-state index in [2.05, 4.69) is 5.32 Å². The highest BCUT2D eigenvalue weighted by Gasteiger charge is 2.69. The summed E-state index contributed by atoms with van der Waals surface area (Å²) in [5, 5.41) is 15.0. The van der Waals surface area contributed by atoms with Crippen LogP contribution in [0.25, 0.3) is 0 Å². The second kappa shape index (κ2) is 6.56. The van der Waals surface area contributed by atoms with Gasteiger partial charge in [0.25, 0.3) is 0 Å². The van der Waals surface area contributed by atoms with Crippen LogP contribution in [-0.4, -0.2) is 42.1 Å².